The summed E-state index contributed by atoms with van der Waals surface area (Å²) in [7, 11) is 0. The molecule has 1 saturated carbocycles. The van der Waals surface area contributed by atoms with Gasteiger partial charge in [0.25, 0.3) is 0 Å². The van der Waals surface area contributed by atoms with Crippen LogP contribution in [0.4, 0.5) is 0 Å². The van der Waals surface area contributed by atoms with Gasteiger partial charge in [0, 0.05) is 6.42 Å². The second-order valence-corrected chi connectivity index (χ2v) is 5.84. The third-order valence-corrected chi connectivity index (χ3v) is 4.12. The molecule has 2 rings (SSSR count). The molecule has 2 aliphatic rings. The molecular weight excluding hydrogens is 220 g/mol. The number of hydrogen-bond acceptors (Lipinski definition) is 4. The highest BCUT2D eigenvalue weighted by molar-refractivity contribution is 5.70. The van der Waals surface area contributed by atoms with Crippen LogP contribution >= 0.6 is 0 Å². The number of fused-ring (bicyclic) bond motifs is 1. The van der Waals surface area contributed by atoms with Crippen LogP contribution in [-0.4, -0.2) is 30.1 Å². The van der Waals surface area contributed by atoms with Gasteiger partial charge in [-0.05, 0) is 24.2 Å². The van der Waals surface area contributed by atoms with E-state index >= 15 is 0 Å². The standard InChI is InChI=1S/C13H22O4/c1-13(2)7-12(17-11(15)8-14)16-10-6-4-3-5-9(10)13/h9-10,12,14H,3-8H2,1-2H3. The average Bonchev–Trinajstić information content (AvgIpc) is 2.28. The van der Waals surface area contributed by atoms with Gasteiger partial charge in [0.2, 0.25) is 6.29 Å². The highest BCUT2D eigenvalue weighted by Gasteiger charge is 2.45. The van der Waals surface area contributed by atoms with E-state index in [1.807, 2.05) is 0 Å². The first-order chi connectivity index (χ1) is 8.03. The maximum absolute atomic E-state index is 11.1. The quantitative estimate of drug-likeness (QED) is 0.751. The number of carbonyl (C=O) groups is 1. The summed E-state index contributed by atoms with van der Waals surface area (Å²) in [6.07, 6.45) is 5.18. The molecule has 4 nitrogen and oxygen atoms in total. The Morgan fingerprint density at radius 2 is 2.12 bits per heavy atom. The zero-order chi connectivity index (χ0) is 12.5. The maximum atomic E-state index is 11.1. The first-order valence-corrected chi connectivity index (χ1v) is 6.49. The Balaban J connectivity index is 2.02. The molecule has 1 aliphatic heterocycles. The number of esters is 1. The van der Waals surface area contributed by atoms with Gasteiger partial charge in [0.1, 0.15) is 6.61 Å². The van der Waals surface area contributed by atoms with Crippen LogP contribution in [0, 0.1) is 11.3 Å². The fourth-order valence-corrected chi connectivity index (χ4v) is 3.23. The highest BCUT2D eigenvalue weighted by atomic mass is 16.7. The first kappa shape index (κ1) is 12.8. The van der Waals surface area contributed by atoms with Crippen molar-refractivity contribution in [3.05, 3.63) is 0 Å². The number of hydrogen-bond donors (Lipinski definition) is 1. The number of carbonyl (C=O) groups excluding carboxylic acids is 1. The smallest absolute Gasteiger partial charge is 0.334 e. The van der Waals surface area contributed by atoms with Crippen LogP contribution in [0.3, 0.4) is 0 Å². The zero-order valence-electron chi connectivity index (χ0n) is 10.6. The Bertz CT molecular complexity index is 287. The molecule has 1 aliphatic carbocycles. The van der Waals surface area contributed by atoms with Crippen molar-refractivity contribution in [1.82, 2.24) is 0 Å². The van der Waals surface area contributed by atoms with Crippen LogP contribution in [-0.2, 0) is 14.3 Å². The SMILES string of the molecule is CC1(C)CC(OC(=O)CO)OC2CCCCC21. The van der Waals surface area contributed by atoms with Gasteiger partial charge in [0.15, 0.2) is 0 Å². The van der Waals surface area contributed by atoms with Crippen LogP contribution in [0.1, 0.15) is 46.0 Å². The Morgan fingerprint density at radius 1 is 1.41 bits per heavy atom. The van der Waals surface area contributed by atoms with Crippen LogP contribution < -0.4 is 0 Å². The van der Waals surface area contributed by atoms with Gasteiger partial charge in [-0.3, -0.25) is 0 Å². The lowest BCUT2D eigenvalue weighted by molar-refractivity contribution is -0.244. The molecule has 98 valence electrons. The predicted molar refractivity (Wildman–Crippen MR) is 62.2 cm³/mol. The molecule has 0 amide bonds. The summed E-state index contributed by atoms with van der Waals surface area (Å²) in [5, 5.41) is 8.70. The van der Waals surface area contributed by atoms with Gasteiger partial charge in [-0.25, -0.2) is 4.79 Å². The molecule has 0 spiro atoms. The molecule has 3 unspecified atom stereocenters. The monoisotopic (exact) mass is 242 g/mol. The molecule has 0 radical (unpaired) electrons. The third kappa shape index (κ3) is 2.80. The second-order valence-electron chi connectivity index (χ2n) is 5.84. The number of aliphatic hydroxyl groups is 1. The second kappa shape index (κ2) is 4.94. The summed E-state index contributed by atoms with van der Waals surface area (Å²) in [5.74, 6) is -0.0274. The molecule has 1 heterocycles. The lowest BCUT2D eigenvalue weighted by atomic mass is 9.66. The maximum Gasteiger partial charge on any atom is 0.334 e. The number of aliphatic hydroxyl groups excluding tert-OH is 1. The summed E-state index contributed by atoms with van der Waals surface area (Å²) in [5.41, 5.74) is 0.143. The van der Waals surface area contributed by atoms with E-state index in [-0.39, 0.29) is 11.5 Å². The topological polar surface area (TPSA) is 55.8 Å². The largest absolute Gasteiger partial charge is 0.434 e. The van der Waals surface area contributed by atoms with E-state index in [1.165, 1.54) is 19.3 Å². The Kier molecular flexibility index (Phi) is 3.73. The molecule has 3 atom stereocenters. The summed E-state index contributed by atoms with van der Waals surface area (Å²) in [6.45, 7) is 3.87. The summed E-state index contributed by atoms with van der Waals surface area (Å²) in [6, 6.07) is 0. The highest BCUT2D eigenvalue weighted by Crippen LogP contribution is 2.47. The molecule has 0 bridgehead atoms. The molecule has 4 heteroatoms. The first-order valence-electron chi connectivity index (χ1n) is 6.49. The molecular formula is C13H22O4. The normalized spacial score (nSPS) is 36.1. The van der Waals surface area contributed by atoms with Crippen molar-refractivity contribution in [2.45, 2.75) is 58.3 Å². The van der Waals surface area contributed by atoms with E-state index in [2.05, 4.69) is 13.8 Å². The van der Waals surface area contributed by atoms with Crippen molar-refractivity contribution in [2.24, 2.45) is 11.3 Å². The molecule has 2 fully saturated rings. The molecule has 1 N–H and O–H groups in total. The van der Waals surface area contributed by atoms with Gasteiger partial charge >= 0.3 is 5.97 Å². The minimum absolute atomic E-state index is 0.143. The van der Waals surface area contributed by atoms with Gasteiger partial charge in [0.05, 0.1) is 6.10 Å². The van der Waals surface area contributed by atoms with Crippen LogP contribution in [0.15, 0.2) is 0 Å². The lowest BCUT2D eigenvalue weighted by Gasteiger charge is -2.48. The molecule has 1 saturated heterocycles. The van der Waals surface area contributed by atoms with Crippen LogP contribution in [0.2, 0.25) is 0 Å². The Labute approximate surface area is 102 Å². The van der Waals surface area contributed by atoms with Gasteiger partial charge in [-0.2, -0.15) is 0 Å². The minimum Gasteiger partial charge on any atom is -0.434 e. The van der Waals surface area contributed by atoms with E-state index < -0.39 is 18.9 Å². The number of rotatable bonds is 2. The summed E-state index contributed by atoms with van der Waals surface area (Å²) >= 11 is 0. The fourth-order valence-electron chi connectivity index (χ4n) is 3.23. The van der Waals surface area contributed by atoms with Crippen molar-refractivity contribution < 1.29 is 19.4 Å². The fraction of sp³-hybridized carbons (Fsp3) is 0.923. The van der Waals surface area contributed by atoms with Gasteiger partial charge < -0.3 is 14.6 Å². The molecule has 0 aromatic carbocycles. The van der Waals surface area contributed by atoms with Crippen LogP contribution in [0.25, 0.3) is 0 Å². The third-order valence-electron chi connectivity index (χ3n) is 4.12. The molecule has 0 aromatic heterocycles. The summed E-state index contributed by atoms with van der Waals surface area (Å²) in [4.78, 5) is 11.1. The predicted octanol–water partition coefficient (Wildman–Crippen LogP) is 1.85. The van der Waals surface area contributed by atoms with E-state index in [0.717, 1.165) is 12.8 Å². The minimum atomic E-state index is -0.597. The van der Waals surface area contributed by atoms with Crippen LogP contribution in [0.5, 0.6) is 0 Å². The van der Waals surface area contributed by atoms with Crippen molar-refractivity contribution in [3.8, 4) is 0 Å². The zero-order valence-corrected chi connectivity index (χ0v) is 10.6. The Hall–Kier alpha value is -0.610. The molecule has 0 aromatic rings. The van der Waals surface area contributed by atoms with Crippen molar-refractivity contribution in [2.75, 3.05) is 6.61 Å². The molecule has 17 heavy (non-hydrogen) atoms. The van der Waals surface area contributed by atoms with Crippen molar-refractivity contribution >= 4 is 5.97 Å². The number of ether oxygens (including phenoxy) is 2. The summed E-state index contributed by atoms with van der Waals surface area (Å²) < 4.78 is 11.0. The van der Waals surface area contributed by atoms with Crippen molar-refractivity contribution in [3.63, 3.8) is 0 Å². The van der Waals surface area contributed by atoms with E-state index in [1.54, 1.807) is 0 Å². The van der Waals surface area contributed by atoms with E-state index in [9.17, 15) is 4.79 Å². The van der Waals surface area contributed by atoms with Gasteiger partial charge in [-0.15, -0.1) is 0 Å². The Morgan fingerprint density at radius 3 is 2.82 bits per heavy atom. The van der Waals surface area contributed by atoms with E-state index in [0.29, 0.717) is 5.92 Å². The average molecular weight is 242 g/mol. The lowest BCUT2D eigenvalue weighted by Crippen LogP contribution is -2.48. The van der Waals surface area contributed by atoms with Gasteiger partial charge in [-0.1, -0.05) is 26.7 Å². The van der Waals surface area contributed by atoms with Crippen molar-refractivity contribution in [1.29, 1.82) is 0 Å². The van der Waals surface area contributed by atoms with E-state index in [4.69, 9.17) is 14.6 Å².